The number of hydrogen-bond donors (Lipinski definition) is 4. The van der Waals surface area contributed by atoms with Crippen molar-refractivity contribution in [1.29, 1.82) is 0 Å². The lowest BCUT2D eigenvalue weighted by Gasteiger charge is -2.48. The highest BCUT2D eigenvalue weighted by molar-refractivity contribution is 7.80. The summed E-state index contributed by atoms with van der Waals surface area (Å²) in [6.07, 6.45) is 13.4. The molecule has 1 amide bonds. The van der Waals surface area contributed by atoms with Crippen LogP contribution in [0.2, 0.25) is 0 Å². The fourth-order valence-electron chi connectivity index (χ4n) is 6.46. The van der Waals surface area contributed by atoms with Crippen molar-refractivity contribution in [3.63, 3.8) is 0 Å². The first-order valence-corrected chi connectivity index (χ1v) is 14.9. The molecule has 1 aromatic heterocycles. The molecule has 218 valence electrons. The van der Waals surface area contributed by atoms with E-state index in [0.29, 0.717) is 49.9 Å². The first-order chi connectivity index (χ1) is 19.4. The Morgan fingerprint density at radius 3 is 2.55 bits per heavy atom. The van der Waals surface area contributed by atoms with Crippen molar-refractivity contribution in [2.75, 3.05) is 26.7 Å². The summed E-state index contributed by atoms with van der Waals surface area (Å²) in [4.78, 5) is 34.5. The van der Waals surface area contributed by atoms with Crippen LogP contribution in [0.4, 0.5) is 0 Å². The van der Waals surface area contributed by atoms with Crippen LogP contribution in [0.5, 0.6) is 5.75 Å². The molecular formula is C30H43N5O4S. The van der Waals surface area contributed by atoms with E-state index in [-0.39, 0.29) is 17.7 Å². The first kappa shape index (κ1) is 29.8. The van der Waals surface area contributed by atoms with Crippen molar-refractivity contribution in [2.24, 2.45) is 11.3 Å². The van der Waals surface area contributed by atoms with Gasteiger partial charge in [0.05, 0.1) is 19.1 Å². The maximum absolute atomic E-state index is 13.9. The Labute approximate surface area is 242 Å². The Bertz CT molecular complexity index is 1090. The molecular weight excluding hydrogens is 526 g/mol. The molecule has 0 unspecified atom stereocenters. The predicted octanol–water partition coefficient (Wildman–Crippen LogP) is 4.09. The Morgan fingerprint density at radius 2 is 1.93 bits per heavy atom. The zero-order chi connectivity index (χ0) is 28.4. The van der Waals surface area contributed by atoms with E-state index in [1.165, 1.54) is 32.1 Å². The summed E-state index contributed by atoms with van der Waals surface area (Å²) in [5.41, 5.74) is 1.97. The molecule has 1 aromatic carbocycles. The van der Waals surface area contributed by atoms with Crippen LogP contribution in [0.15, 0.2) is 36.8 Å². The number of likely N-dealkylation sites (tertiary alicyclic amines) is 1. The van der Waals surface area contributed by atoms with Crippen LogP contribution in [0.25, 0.3) is 0 Å². The molecule has 1 aliphatic heterocycles. The average Bonchev–Trinajstić information content (AvgIpc) is 3.50. The van der Waals surface area contributed by atoms with Crippen LogP contribution < -0.4 is 15.4 Å². The predicted molar refractivity (Wildman–Crippen MR) is 158 cm³/mol. The maximum Gasteiger partial charge on any atom is 0.303 e. The average molecular weight is 570 g/mol. The zero-order valence-corrected chi connectivity index (χ0v) is 24.3. The number of imidazole rings is 1. The zero-order valence-electron chi connectivity index (χ0n) is 23.5. The number of ether oxygens (including phenoxy) is 1. The molecule has 10 heteroatoms. The largest absolute Gasteiger partial charge is 0.497 e. The summed E-state index contributed by atoms with van der Waals surface area (Å²) < 4.78 is 5.29. The number of aromatic amines is 1. The third-order valence-corrected chi connectivity index (χ3v) is 9.06. The number of thiocarbonyl (C=S) groups is 1. The number of methoxy groups -OCH3 is 1. The van der Waals surface area contributed by atoms with Crippen molar-refractivity contribution >= 4 is 29.2 Å². The smallest absolute Gasteiger partial charge is 0.303 e. The van der Waals surface area contributed by atoms with E-state index in [1.807, 2.05) is 35.4 Å². The quantitative estimate of drug-likeness (QED) is 0.282. The minimum absolute atomic E-state index is 0.0115. The molecule has 4 N–H and O–H groups in total. The minimum Gasteiger partial charge on any atom is -0.497 e. The lowest BCUT2D eigenvalue weighted by Crippen LogP contribution is -2.55. The number of carboxylic acids is 1. The molecule has 0 bridgehead atoms. The summed E-state index contributed by atoms with van der Waals surface area (Å²) in [5.74, 6) is 0.623. The number of nitrogens with one attached hydrogen (secondary N) is 3. The monoisotopic (exact) mass is 569 g/mol. The number of hydrogen-bond acceptors (Lipinski definition) is 5. The van der Waals surface area contributed by atoms with Crippen molar-refractivity contribution < 1.29 is 19.4 Å². The molecule has 40 heavy (non-hydrogen) atoms. The number of amides is 1. The molecule has 0 spiro atoms. The highest BCUT2D eigenvalue weighted by Crippen LogP contribution is 2.49. The summed E-state index contributed by atoms with van der Waals surface area (Å²) in [5, 5.41) is 16.4. The van der Waals surface area contributed by atoms with Gasteiger partial charge in [-0.15, -0.1) is 0 Å². The van der Waals surface area contributed by atoms with Gasteiger partial charge in [-0.3, -0.25) is 9.59 Å². The Hall–Kier alpha value is -3.14. The molecule has 2 heterocycles. The van der Waals surface area contributed by atoms with Gasteiger partial charge in [0.15, 0.2) is 5.11 Å². The molecule has 2 fully saturated rings. The standard InChI is InChI=1S/C30H43N5O4S/c1-39-25-9-7-22(8-10-25)19-26(34-29(40)32-16-12-24-20-31-21-33-24)28(38)35-17-14-30(15-18-35,13-11-27(36)37)23-5-3-2-4-6-23/h7-10,20-21,23,26H,2-6,11-19H2,1H3,(H,31,33)(H,36,37)(H2,32,34,40)/t26-/m1/s1. The summed E-state index contributed by atoms with van der Waals surface area (Å²) in [6.45, 7) is 1.90. The highest BCUT2D eigenvalue weighted by Gasteiger charge is 2.43. The number of carbonyl (C=O) groups excluding carboxylic acids is 1. The van der Waals surface area contributed by atoms with Crippen molar-refractivity contribution in [2.45, 2.75) is 76.7 Å². The molecule has 1 saturated heterocycles. The van der Waals surface area contributed by atoms with Crippen LogP contribution in [0.1, 0.15) is 69.0 Å². The van der Waals surface area contributed by atoms with Gasteiger partial charge in [-0.05, 0) is 73.4 Å². The third kappa shape index (κ3) is 8.19. The number of carbonyl (C=O) groups is 2. The van der Waals surface area contributed by atoms with E-state index in [4.69, 9.17) is 17.0 Å². The van der Waals surface area contributed by atoms with Gasteiger partial charge in [0, 0.05) is 45.1 Å². The number of carboxylic acid groups (broad SMARTS) is 1. The van der Waals surface area contributed by atoms with Crippen LogP contribution in [0.3, 0.4) is 0 Å². The Morgan fingerprint density at radius 1 is 1.20 bits per heavy atom. The van der Waals surface area contributed by atoms with Gasteiger partial charge in [-0.25, -0.2) is 4.98 Å². The van der Waals surface area contributed by atoms with Crippen LogP contribution in [0, 0.1) is 11.3 Å². The lowest BCUT2D eigenvalue weighted by atomic mass is 9.61. The van der Waals surface area contributed by atoms with E-state index in [1.54, 1.807) is 13.4 Å². The molecule has 2 aliphatic rings. The molecule has 9 nitrogen and oxygen atoms in total. The van der Waals surface area contributed by atoms with Gasteiger partial charge in [0.25, 0.3) is 0 Å². The van der Waals surface area contributed by atoms with Gasteiger partial charge >= 0.3 is 5.97 Å². The van der Waals surface area contributed by atoms with Gasteiger partial charge in [-0.1, -0.05) is 31.4 Å². The number of H-pyrrole nitrogens is 1. The summed E-state index contributed by atoms with van der Waals surface area (Å²) in [6, 6.07) is 7.24. The molecule has 1 aliphatic carbocycles. The molecule has 0 radical (unpaired) electrons. The van der Waals surface area contributed by atoms with Crippen LogP contribution in [-0.2, 0) is 22.4 Å². The second-order valence-corrected chi connectivity index (χ2v) is 11.6. The number of aliphatic carboxylic acids is 1. The fraction of sp³-hybridized carbons (Fsp3) is 0.600. The molecule has 1 saturated carbocycles. The van der Waals surface area contributed by atoms with E-state index >= 15 is 0 Å². The summed E-state index contributed by atoms with van der Waals surface area (Å²) >= 11 is 5.59. The number of rotatable bonds is 12. The van der Waals surface area contributed by atoms with E-state index in [0.717, 1.165) is 29.8 Å². The molecule has 4 rings (SSSR count). The Kier molecular flexibility index (Phi) is 10.8. The van der Waals surface area contributed by atoms with Crippen molar-refractivity contribution in [3.8, 4) is 5.75 Å². The van der Waals surface area contributed by atoms with E-state index < -0.39 is 12.0 Å². The second-order valence-electron chi connectivity index (χ2n) is 11.2. The van der Waals surface area contributed by atoms with Gasteiger partial charge in [0.1, 0.15) is 11.8 Å². The third-order valence-electron chi connectivity index (χ3n) is 8.80. The van der Waals surface area contributed by atoms with E-state index in [2.05, 4.69) is 20.6 Å². The second kappa shape index (κ2) is 14.5. The summed E-state index contributed by atoms with van der Waals surface area (Å²) in [7, 11) is 1.64. The number of aromatic nitrogens is 2. The normalized spacial score (nSPS) is 18.1. The highest BCUT2D eigenvalue weighted by atomic mass is 32.1. The van der Waals surface area contributed by atoms with Crippen LogP contribution >= 0.6 is 12.2 Å². The fourth-order valence-corrected chi connectivity index (χ4v) is 6.71. The van der Waals surface area contributed by atoms with Crippen LogP contribution in [-0.4, -0.2) is 69.7 Å². The lowest BCUT2D eigenvalue weighted by molar-refractivity contribution is -0.140. The van der Waals surface area contributed by atoms with Gasteiger partial charge in [-0.2, -0.15) is 0 Å². The van der Waals surface area contributed by atoms with E-state index in [9.17, 15) is 14.7 Å². The number of nitrogens with zero attached hydrogens (tertiary/aromatic N) is 2. The van der Waals surface area contributed by atoms with Crippen molar-refractivity contribution in [1.82, 2.24) is 25.5 Å². The number of piperidine rings is 1. The van der Waals surface area contributed by atoms with Gasteiger partial charge in [0.2, 0.25) is 5.91 Å². The SMILES string of the molecule is COc1ccc(C[C@@H](NC(=S)NCCc2c[nH]cn2)C(=O)N2CCC(CCC(=O)O)(C3CCCCC3)CC2)cc1. The topological polar surface area (TPSA) is 120 Å². The number of benzene rings is 1. The minimum atomic E-state index is -0.731. The first-order valence-electron chi connectivity index (χ1n) is 14.5. The van der Waals surface area contributed by atoms with Gasteiger partial charge < -0.3 is 30.4 Å². The molecule has 1 atom stereocenters. The maximum atomic E-state index is 13.9. The molecule has 2 aromatic rings. The Balaban J connectivity index is 1.41. The van der Waals surface area contributed by atoms with Crippen molar-refractivity contribution in [3.05, 3.63) is 48.0 Å².